The maximum atomic E-state index is 13.7. The molecule has 4 rings (SSSR count). The first-order chi connectivity index (χ1) is 16.3. The van der Waals surface area contributed by atoms with Crippen LogP contribution in [0.5, 0.6) is 5.88 Å². The van der Waals surface area contributed by atoms with Crippen LogP contribution in [-0.2, 0) is 16.4 Å². The van der Waals surface area contributed by atoms with Gasteiger partial charge in [-0.2, -0.15) is 0 Å². The van der Waals surface area contributed by atoms with Gasteiger partial charge in [0.15, 0.2) is 16.4 Å². The van der Waals surface area contributed by atoms with Crippen molar-refractivity contribution in [1.82, 2.24) is 9.78 Å². The van der Waals surface area contributed by atoms with Gasteiger partial charge in [-0.3, -0.25) is 9.48 Å². The van der Waals surface area contributed by atoms with E-state index in [0.717, 1.165) is 6.26 Å². The summed E-state index contributed by atoms with van der Waals surface area (Å²) in [5.74, 6) is -0.366. The Labute approximate surface area is 200 Å². The van der Waals surface area contributed by atoms with Crippen LogP contribution in [-0.4, -0.2) is 36.8 Å². The number of thiophene rings is 1. The molecule has 0 radical (unpaired) electrons. The lowest BCUT2D eigenvalue weighted by molar-refractivity contribution is 0.0922. The smallest absolute Gasteiger partial charge is 0.241 e. The molecule has 6 nitrogen and oxygen atoms in total. The van der Waals surface area contributed by atoms with Gasteiger partial charge in [0.2, 0.25) is 11.7 Å². The van der Waals surface area contributed by atoms with Crippen LogP contribution in [0.4, 0.5) is 4.39 Å². The Morgan fingerprint density at radius 1 is 1.12 bits per heavy atom. The second-order valence-corrected chi connectivity index (χ2v) is 10.5. The molecule has 174 valence electrons. The SMILES string of the molecule is C=CCn1nc(OCC(=O)c2cccs2)c(-c2ccc(F)cc2)c1-c1ccc(S(C)(=O)=O)cc1. The van der Waals surface area contributed by atoms with Crippen LogP contribution in [0, 0.1) is 5.82 Å². The number of carbonyl (C=O) groups excluding carboxylic acids is 1. The van der Waals surface area contributed by atoms with Gasteiger partial charge in [0, 0.05) is 11.8 Å². The van der Waals surface area contributed by atoms with E-state index in [1.165, 1.54) is 35.6 Å². The van der Waals surface area contributed by atoms with E-state index in [9.17, 15) is 17.6 Å². The summed E-state index contributed by atoms with van der Waals surface area (Å²) < 4.78 is 45.0. The first kappa shape index (κ1) is 23.6. The van der Waals surface area contributed by atoms with Gasteiger partial charge in [-0.15, -0.1) is 23.0 Å². The molecule has 0 amide bonds. The molecule has 2 heterocycles. The average molecular weight is 497 g/mol. The van der Waals surface area contributed by atoms with E-state index in [0.29, 0.717) is 33.8 Å². The first-order valence-electron chi connectivity index (χ1n) is 10.3. The highest BCUT2D eigenvalue weighted by molar-refractivity contribution is 7.90. The van der Waals surface area contributed by atoms with Gasteiger partial charge in [0.25, 0.3) is 0 Å². The van der Waals surface area contributed by atoms with E-state index in [4.69, 9.17) is 4.74 Å². The van der Waals surface area contributed by atoms with Crippen molar-refractivity contribution in [2.75, 3.05) is 12.9 Å². The molecule has 0 saturated carbocycles. The third kappa shape index (κ3) is 5.00. The summed E-state index contributed by atoms with van der Waals surface area (Å²) in [6, 6.07) is 15.8. The third-order valence-corrected chi connectivity index (χ3v) is 7.09. The summed E-state index contributed by atoms with van der Waals surface area (Å²) in [4.78, 5) is 13.3. The highest BCUT2D eigenvalue weighted by Crippen LogP contribution is 2.40. The number of hydrogen-bond acceptors (Lipinski definition) is 6. The molecule has 9 heteroatoms. The molecule has 0 fully saturated rings. The topological polar surface area (TPSA) is 78.3 Å². The number of benzene rings is 2. The van der Waals surface area contributed by atoms with Crippen molar-refractivity contribution < 1.29 is 22.3 Å². The van der Waals surface area contributed by atoms with Crippen molar-refractivity contribution in [2.45, 2.75) is 11.4 Å². The second kappa shape index (κ2) is 9.74. The molecular formula is C25H21FN2O4S2. The molecular weight excluding hydrogens is 475 g/mol. The highest BCUT2D eigenvalue weighted by Gasteiger charge is 2.23. The van der Waals surface area contributed by atoms with Crippen molar-refractivity contribution in [2.24, 2.45) is 0 Å². The number of Topliss-reactive ketones (excluding diaryl/α,β-unsaturated/α-hetero) is 1. The normalized spacial score (nSPS) is 11.4. The lowest BCUT2D eigenvalue weighted by Crippen LogP contribution is -2.11. The molecule has 0 unspecified atom stereocenters. The van der Waals surface area contributed by atoms with Crippen molar-refractivity contribution in [3.8, 4) is 28.3 Å². The van der Waals surface area contributed by atoms with E-state index in [2.05, 4.69) is 11.7 Å². The minimum absolute atomic E-state index is 0.183. The summed E-state index contributed by atoms with van der Waals surface area (Å²) in [7, 11) is -3.37. The number of ether oxygens (including phenoxy) is 1. The Kier molecular flexibility index (Phi) is 6.76. The predicted molar refractivity (Wildman–Crippen MR) is 131 cm³/mol. The molecule has 34 heavy (non-hydrogen) atoms. The minimum Gasteiger partial charge on any atom is -0.468 e. The molecule has 2 aromatic carbocycles. The number of carbonyl (C=O) groups is 1. The van der Waals surface area contributed by atoms with Gasteiger partial charge in [-0.25, -0.2) is 12.8 Å². The van der Waals surface area contributed by atoms with E-state index in [1.54, 1.807) is 47.2 Å². The first-order valence-corrected chi connectivity index (χ1v) is 13.0. The standard InChI is InChI=1S/C25H21FN2O4S2/c1-3-14-28-24(18-8-12-20(13-9-18)34(2,30)31)23(17-6-10-19(26)11-7-17)25(27-28)32-16-21(29)22-5-4-15-33-22/h3-13,15H,1,14,16H2,2H3. The second-order valence-electron chi connectivity index (χ2n) is 7.49. The number of aromatic nitrogens is 2. The number of rotatable bonds is 9. The van der Waals surface area contributed by atoms with Crippen molar-refractivity contribution >= 4 is 27.0 Å². The van der Waals surface area contributed by atoms with Gasteiger partial charge in [-0.05, 0) is 41.3 Å². The van der Waals surface area contributed by atoms with Crippen molar-refractivity contribution in [1.29, 1.82) is 0 Å². The molecule has 0 aliphatic heterocycles. The maximum absolute atomic E-state index is 13.7. The zero-order chi connectivity index (χ0) is 24.3. The Bertz CT molecular complexity index is 1420. The van der Waals surface area contributed by atoms with E-state index in [-0.39, 0.29) is 23.2 Å². The Morgan fingerprint density at radius 3 is 2.38 bits per heavy atom. The number of hydrogen-bond donors (Lipinski definition) is 0. The van der Waals surface area contributed by atoms with E-state index >= 15 is 0 Å². The summed E-state index contributed by atoms with van der Waals surface area (Å²) in [5.41, 5.74) is 2.51. The molecule has 4 aromatic rings. The van der Waals surface area contributed by atoms with Crippen LogP contribution in [0.3, 0.4) is 0 Å². The Balaban J connectivity index is 1.83. The number of halogens is 1. The zero-order valence-corrected chi connectivity index (χ0v) is 19.9. The summed E-state index contributed by atoms with van der Waals surface area (Å²) in [6.07, 6.45) is 2.81. The van der Waals surface area contributed by atoms with Gasteiger partial charge in [0.05, 0.1) is 27.6 Å². The molecule has 0 spiro atoms. The average Bonchev–Trinajstić information content (AvgIpc) is 3.46. The fourth-order valence-electron chi connectivity index (χ4n) is 3.47. The molecule has 0 bridgehead atoms. The van der Waals surface area contributed by atoms with Gasteiger partial charge >= 0.3 is 0 Å². The quantitative estimate of drug-likeness (QED) is 0.233. The third-order valence-electron chi connectivity index (χ3n) is 5.05. The van der Waals surface area contributed by atoms with E-state index in [1.807, 2.05) is 5.38 Å². The largest absolute Gasteiger partial charge is 0.468 e. The lowest BCUT2D eigenvalue weighted by Gasteiger charge is -2.10. The molecule has 0 aliphatic carbocycles. The van der Waals surface area contributed by atoms with Crippen LogP contribution >= 0.6 is 11.3 Å². The highest BCUT2D eigenvalue weighted by atomic mass is 32.2. The van der Waals surface area contributed by atoms with Gasteiger partial charge < -0.3 is 4.74 Å². The number of allylic oxidation sites excluding steroid dienone is 1. The lowest BCUT2D eigenvalue weighted by atomic mass is 10.0. The summed E-state index contributed by atoms with van der Waals surface area (Å²) in [5, 5.41) is 6.38. The van der Waals surface area contributed by atoms with Crippen LogP contribution < -0.4 is 4.74 Å². The molecule has 2 aromatic heterocycles. The number of ketones is 1. The van der Waals surface area contributed by atoms with Crippen LogP contribution in [0.15, 0.2) is 83.6 Å². The summed E-state index contributed by atoms with van der Waals surface area (Å²) >= 11 is 1.33. The van der Waals surface area contributed by atoms with Crippen molar-refractivity contribution in [3.05, 3.63) is 89.4 Å². The fourth-order valence-corrected chi connectivity index (χ4v) is 4.75. The maximum Gasteiger partial charge on any atom is 0.241 e. The van der Waals surface area contributed by atoms with Gasteiger partial charge in [0.1, 0.15) is 5.82 Å². The van der Waals surface area contributed by atoms with Crippen molar-refractivity contribution in [3.63, 3.8) is 0 Å². The predicted octanol–water partition coefficient (Wildman–Crippen LogP) is 5.27. The molecule has 0 N–H and O–H groups in total. The zero-order valence-electron chi connectivity index (χ0n) is 18.3. The Hall–Kier alpha value is -3.56. The van der Waals surface area contributed by atoms with Crippen LogP contribution in [0.25, 0.3) is 22.4 Å². The molecule has 0 aliphatic rings. The molecule has 0 atom stereocenters. The van der Waals surface area contributed by atoms with Crippen LogP contribution in [0.1, 0.15) is 9.67 Å². The van der Waals surface area contributed by atoms with Gasteiger partial charge in [-0.1, -0.05) is 36.4 Å². The van der Waals surface area contributed by atoms with Crippen LogP contribution in [0.2, 0.25) is 0 Å². The summed E-state index contributed by atoms with van der Waals surface area (Å²) in [6.45, 7) is 3.90. The number of nitrogens with zero attached hydrogens (tertiary/aromatic N) is 2. The fraction of sp³-hybridized carbons (Fsp3) is 0.120. The number of sulfone groups is 1. The monoisotopic (exact) mass is 496 g/mol. The molecule has 0 saturated heterocycles. The van der Waals surface area contributed by atoms with E-state index < -0.39 is 15.7 Å². The Morgan fingerprint density at radius 2 is 1.79 bits per heavy atom. The minimum atomic E-state index is -3.37.